The summed E-state index contributed by atoms with van der Waals surface area (Å²) in [5.41, 5.74) is 16.2. The third-order valence-corrected chi connectivity index (χ3v) is 5.42. The van der Waals surface area contributed by atoms with Crippen molar-refractivity contribution >= 4 is 47.4 Å². The highest BCUT2D eigenvalue weighted by Crippen LogP contribution is 2.03. The fourth-order valence-corrected chi connectivity index (χ4v) is 3.10. The van der Waals surface area contributed by atoms with E-state index in [1.54, 1.807) is 13.8 Å². The summed E-state index contributed by atoms with van der Waals surface area (Å²) in [6.07, 6.45) is 0.704. The predicted octanol–water partition coefficient (Wildman–Crippen LogP) is -6.08. The van der Waals surface area contributed by atoms with Gasteiger partial charge in [-0.05, 0) is 25.7 Å². The van der Waals surface area contributed by atoms with Crippen LogP contribution in [0.25, 0.3) is 0 Å². The molecule has 0 radical (unpaired) electrons. The molecule has 0 aliphatic rings. The van der Waals surface area contributed by atoms with Crippen LogP contribution in [0.4, 0.5) is 0 Å². The summed E-state index contributed by atoms with van der Waals surface area (Å²) in [6, 6.07) is -4.57. The van der Waals surface area contributed by atoms with Crippen LogP contribution >= 0.6 is 0 Å². The molecule has 0 rings (SSSR count). The summed E-state index contributed by atoms with van der Waals surface area (Å²) in [5.74, 6) is -6.43. The van der Waals surface area contributed by atoms with Crippen molar-refractivity contribution < 1.29 is 43.8 Å². The van der Waals surface area contributed by atoms with Gasteiger partial charge in [0.15, 0.2) is 5.96 Å². The van der Waals surface area contributed by atoms with Crippen LogP contribution in [0.1, 0.15) is 33.6 Å². The number of carbonyl (C=O) groups excluding carboxylic acids is 6. The van der Waals surface area contributed by atoms with Gasteiger partial charge >= 0.3 is 5.97 Å². The van der Waals surface area contributed by atoms with Crippen molar-refractivity contribution in [1.29, 1.82) is 0 Å². The zero-order valence-electron chi connectivity index (χ0n) is 23.8. The first-order chi connectivity index (χ1) is 19.6. The minimum absolute atomic E-state index is 0.0838. The van der Waals surface area contributed by atoms with E-state index in [1.807, 2.05) is 0 Å². The molecule has 19 nitrogen and oxygen atoms in total. The number of amides is 6. The van der Waals surface area contributed by atoms with Gasteiger partial charge in [-0.3, -0.25) is 38.6 Å². The summed E-state index contributed by atoms with van der Waals surface area (Å²) in [4.78, 5) is 87.6. The number of rotatable bonds is 19. The minimum Gasteiger partial charge on any atom is -0.480 e. The number of nitrogens with one attached hydrogen (secondary N) is 6. The van der Waals surface area contributed by atoms with E-state index in [4.69, 9.17) is 22.3 Å². The molecule has 0 aromatic carbocycles. The lowest BCUT2D eigenvalue weighted by atomic mass is 10.0. The lowest BCUT2D eigenvalue weighted by Crippen LogP contribution is -2.57. The molecule has 0 aromatic rings. The van der Waals surface area contributed by atoms with Crippen molar-refractivity contribution in [2.24, 2.45) is 28.1 Å². The Labute approximate surface area is 242 Å². The number of carboxylic acids is 1. The van der Waals surface area contributed by atoms with Gasteiger partial charge in [-0.1, -0.05) is 13.8 Å². The Hall–Kier alpha value is -4.52. The first-order valence-electron chi connectivity index (χ1n) is 12.9. The summed E-state index contributed by atoms with van der Waals surface area (Å²) in [7, 11) is 0. The molecular formula is C23H42N10O9. The number of aliphatic carboxylic acids is 1. The van der Waals surface area contributed by atoms with Gasteiger partial charge in [0.1, 0.15) is 24.7 Å². The lowest BCUT2D eigenvalue weighted by molar-refractivity contribution is -0.139. The van der Waals surface area contributed by atoms with E-state index in [1.165, 1.54) is 6.92 Å². The number of aliphatic hydroxyl groups is 1. The molecule has 0 aromatic heterocycles. The highest BCUT2D eigenvalue weighted by molar-refractivity contribution is 5.95. The zero-order chi connectivity index (χ0) is 32.4. The summed E-state index contributed by atoms with van der Waals surface area (Å²) in [5, 5.41) is 31.8. The van der Waals surface area contributed by atoms with Crippen molar-refractivity contribution in [3.05, 3.63) is 0 Å². The molecule has 0 fully saturated rings. The van der Waals surface area contributed by atoms with Gasteiger partial charge in [0.25, 0.3) is 0 Å². The molecule has 0 aliphatic heterocycles. The van der Waals surface area contributed by atoms with Gasteiger partial charge in [-0.15, -0.1) is 0 Å². The maximum atomic E-state index is 12.5. The second kappa shape index (κ2) is 19.5. The second-order valence-corrected chi connectivity index (χ2v) is 9.42. The van der Waals surface area contributed by atoms with Crippen LogP contribution in [-0.4, -0.2) is 115 Å². The molecule has 19 heteroatoms. The molecule has 0 heterocycles. The highest BCUT2D eigenvalue weighted by Gasteiger charge is 2.29. The van der Waals surface area contributed by atoms with Gasteiger partial charge in [0, 0.05) is 6.54 Å². The molecule has 6 amide bonds. The van der Waals surface area contributed by atoms with Crippen LogP contribution in [0.5, 0.6) is 0 Å². The number of aliphatic hydroxyl groups excluding tert-OH is 1. The van der Waals surface area contributed by atoms with Gasteiger partial charge in [0.2, 0.25) is 35.4 Å². The molecular weight excluding hydrogens is 560 g/mol. The van der Waals surface area contributed by atoms with Crippen LogP contribution in [0, 0.1) is 5.92 Å². The molecule has 0 bridgehead atoms. The number of guanidine groups is 1. The van der Waals surface area contributed by atoms with Crippen LogP contribution in [0.15, 0.2) is 4.99 Å². The van der Waals surface area contributed by atoms with Crippen molar-refractivity contribution in [3.8, 4) is 0 Å². The fourth-order valence-electron chi connectivity index (χ4n) is 3.10. The van der Waals surface area contributed by atoms with Crippen LogP contribution in [0.2, 0.25) is 0 Å². The Morgan fingerprint density at radius 3 is 1.90 bits per heavy atom. The summed E-state index contributed by atoms with van der Waals surface area (Å²) in [6.45, 7) is 2.19. The topological polar surface area (TPSA) is 323 Å². The number of nitrogens with zero attached hydrogens (tertiary/aromatic N) is 1. The van der Waals surface area contributed by atoms with Crippen LogP contribution in [-0.2, 0) is 33.6 Å². The number of aliphatic imine (C=N–C) groups is 1. The predicted molar refractivity (Wildman–Crippen MR) is 148 cm³/mol. The average molecular weight is 603 g/mol. The van der Waals surface area contributed by atoms with Gasteiger partial charge < -0.3 is 59.3 Å². The van der Waals surface area contributed by atoms with Crippen molar-refractivity contribution in [1.82, 2.24) is 31.9 Å². The normalized spacial score (nSPS) is 13.4. The molecule has 14 N–H and O–H groups in total. The number of carbonyl (C=O) groups is 7. The minimum atomic E-state index is -1.48. The highest BCUT2D eigenvalue weighted by atomic mass is 16.4. The monoisotopic (exact) mass is 602 g/mol. The third-order valence-electron chi connectivity index (χ3n) is 5.42. The number of hydrogen-bond acceptors (Lipinski definition) is 10. The Kier molecular flexibility index (Phi) is 17.4. The Balaban J connectivity index is 4.61. The molecule has 0 aliphatic carbocycles. The Morgan fingerprint density at radius 2 is 1.36 bits per heavy atom. The Morgan fingerprint density at radius 1 is 0.762 bits per heavy atom. The molecule has 4 atom stereocenters. The molecule has 0 saturated heterocycles. The van der Waals surface area contributed by atoms with Gasteiger partial charge in [-0.25, -0.2) is 0 Å². The van der Waals surface area contributed by atoms with E-state index in [9.17, 15) is 38.7 Å². The van der Waals surface area contributed by atoms with E-state index in [0.29, 0.717) is 6.42 Å². The van der Waals surface area contributed by atoms with E-state index in [-0.39, 0.29) is 18.9 Å². The number of nitrogens with two attached hydrogens (primary N) is 3. The first kappa shape index (κ1) is 37.5. The second-order valence-electron chi connectivity index (χ2n) is 9.42. The van der Waals surface area contributed by atoms with E-state index < -0.39 is 97.7 Å². The smallest absolute Gasteiger partial charge is 0.322 e. The van der Waals surface area contributed by atoms with Crippen LogP contribution in [0.3, 0.4) is 0 Å². The molecule has 0 saturated carbocycles. The summed E-state index contributed by atoms with van der Waals surface area (Å²) >= 11 is 0. The van der Waals surface area contributed by atoms with Gasteiger partial charge in [-0.2, -0.15) is 0 Å². The largest absolute Gasteiger partial charge is 0.480 e. The van der Waals surface area contributed by atoms with E-state index in [0.717, 1.165) is 0 Å². The van der Waals surface area contributed by atoms with Crippen molar-refractivity contribution in [2.45, 2.75) is 57.8 Å². The molecule has 238 valence electrons. The maximum Gasteiger partial charge on any atom is 0.322 e. The molecule has 42 heavy (non-hydrogen) atoms. The number of hydrogen-bond donors (Lipinski definition) is 11. The van der Waals surface area contributed by atoms with Crippen LogP contribution < -0.4 is 49.1 Å². The number of carboxylic acid groups (broad SMARTS) is 1. The third kappa shape index (κ3) is 15.9. The molecule has 0 spiro atoms. The summed E-state index contributed by atoms with van der Waals surface area (Å²) < 4.78 is 0. The first-order valence-corrected chi connectivity index (χ1v) is 12.9. The lowest BCUT2D eigenvalue weighted by Gasteiger charge is -2.24. The maximum absolute atomic E-state index is 12.5. The fraction of sp³-hybridized carbons (Fsp3) is 0.652. The standard InChI is InChI=1S/C23H42N10O9/c1-11(2)18(22(42)30-9-17(37)38)33-21(41)14(10-34)32-16(36)8-28-15(35)7-29-19(39)12(3)31-20(40)13(24)5-4-6-27-23(25)26/h11-14,18,34H,4-10,24H2,1-3H3,(H,28,35)(H,29,39)(H,30,42)(H,31,40)(H,32,36)(H,33,41)(H,37,38)(H4,25,26,27)/t12-,13-,14-,18-/m0/s1. The Bertz CT molecular complexity index is 1000. The van der Waals surface area contributed by atoms with Crippen molar-refractivity contribution in [2.75, 3.05) is 32.8 Å². The van der Waals surface area contributed by atoms with E-state index in [2.05, 4.69) is 36.9 Å². The van der Waals surface area contributed by atoms with Gasteiger partial charge in [0.05, 0.1) is 25.7 Å². The zero-order valence-corrected chi connectivity index (χ0v) is 23.8. The average Bonchev–Trinajstić information content (AvgIpc) is 2.92. The quantitative estimate of drug-likeness (QED) is 0.0374. The van der Waals surface area contributed by atoms with Crippen molar-refractivity contribution in [3.63, 3.8) is 0 Å². The molecule has 0 unspecified atom stereocenters. The SMILES string of the molecule is CC(C)[C@H](NC(=O)[C@H](CO)NC(=O)CNC(=O)CNC(=O)[C@H](C)NC(=O)[C@@H](N)CCCN=C(N)N)C(=O)NCC(=O)O. The van der Waals surface area contributed by atoms with E-state index >= 15 is 0 Å².